The van der Waals surface area contributed by atoms with Crippen molar-refractivity contribution in [3.63, 3.8) is 0 Å². The number of aromatic carboxylic acids is 1. The fraction of sp³-hybridized carbons (Fsp3) is 0. The molecule has 0 fully saturated rings. The number of benzene rings is 2. The van der Waals surface area contributed by atoms with Crippen LogP contribution in [0.5, 0.6) is 5.75 Å². The Bertz CT molecular complexity index is 664. The predicted molar refractivity (Wildman–Crippen MR) is 72.6 cm³/mol. The van der Waals surface area contributed by atoms with Crippen LogP contribution in [0.25, 0.3) is 0 Å². The fourth-order valence-corrected chi connectivity index (χ4v) is 2.05. The van der Waals surface area contributed by atoms with Crippen LogP contribution in [0.4, 0.5) is 0 Å². The molecule has 0 bridgehead atoms. The Balaban J connectivity index is 2.50. The Hall–Kier alpha value is -2.14. The predicted octanol–water partition coefficient (Wildman–Crippen LogP) is 3.08. The van der Waals surface area contributed by atoms with E-state index in [1.54, 1.807) is 12.1 Å². The number of carboxylic acids is 1. The molecule has 0 aliphatic carbocycles. The molecule has 0 spiro atoms. The van der Waals surface area contributed by atoms with Gasteiger partial charge in [0.15, 0.2) is 5.78 Å². The van der Waals surface area contributed by atoms with Crippen molar-refractivity contribution in [2.45, 2.75) is 0 Å². The second-order valence-electron chi connectivity index (χ2n) is 3.85. The van der Waals surface area contributed by atoms with Crippen molar-refractivity contribution in [3.8, 4) is 5.75 Å². The first-order valence-electron chi connectivity index (χ1n) is 5.36. The molecule has 0 aliphatic rings. The van der Waals surface area contributed by atoms with Crippen molar-refractivity contribution in [1.82, 2.24) is 0 Å². The highest BCUT2D eigenvalue weighted by atomic mass is 79.9. The molecule has 5 heteroatoms. The number of aromatic hydroxyl groups is 1. The smallest absolute Gasteiger partial charge is 0.336 e. The molecule has 2 rings (SSSR count). The minimum absolute atomic E-state index is 0.0167. The fourth-order valence-electron chi connectivity index (χ4n) is 1.67. The van der Waals surface area contributed by atoms with Gasteiger partial charge in [0.1, 0.15) is 5.75 Å². The van der Waals surface area contributed by atoms with Crippen LogP contribution < -0.4 is 0 Å². The zero-order chi connectivity index (χ0) is 14.0. The number of carbonyl (C=O) groups excluding carboxylic acids is 1. The van der Waals surface area contributed by atoms with Crippen molar-refractivity contribution >= 4 is 27.7 Å². The Morgan fingerprint density at radius 3 is 2.21 bits per heavy atom. The van der Waals surface area contributed by atoms with E-state index in [1.807, 2.05) is 0 Å². The van der Waals surface area contributed by atoms with Gasteiger partial charge in [-0.15, -0.1) is 0 Å². The van der Waals surface area contributed by atoms with Crippen molar-refractivity contribution in [2.24, 2.45) is 0 Å². The number of hydrogen-bond donors (Lipinski definition) is 2. The van der Waals surface area contributed by atoms with Crippen molar-refractivity contribution in [2.75, 3.05) is 0 Å². The lowest BCUT2D eigenvalue weighted by molar-refractivity contribution is 0.0693. The average Bonchev–Trinajstić information content (AvgIpc) is 2.41. The molecule has 0 amide bonds. The topological polar surface area (TPSA) is 74.6 Å². The normalized spacial score (nSPS) is 10.2. The van der Waals surface area contributed by atoms with E-state index in [2.05, 4.69) is 15.9 Å². The van der Waals surface area contributed by atoms with Crippen molar-refractivity contribution in [1.29, 1.82) is 0 Å². The minimum atomic E-state index is -1.15. The summed E-state index contributed by atoms with van der Waals surface area (Å²) in [5.74, 6) is -1.54. The molecule has 0 saturated carbocycles. The maximum Gasteiger partial charge on any atom is 0.336 e. The van der Waals surface area contributed by atoms with Gasteiger partial charge in [0.25, 0.3) is 0 Å². The van der Waals surface area contributed by atoms with Gasteiger partial charge in [-0.2, -0.15) is 0 Å². The van der Waals surface area contributed by atoms with E-state index in [9.17, 15) is 14.7 Å². The van der Waals surface area contributed by atoms with Gasteiger partial charge in [-0.3, -0.25) is 4.79 Å². The second kappa shape index (κ2) is 5.24. The van der Waals surface area contributed by atoms with Gasteiger partial charge in [-0.05, 0) is 40.2 Å². The molecule has 0 atom stereocenters. The molecular formula is C14H9BrO4. The van der Waals surface area contributed by atoms with Crippen LogP contribution in [0, 0.1) is 0 Å². The van der Waals surface area contributed by atoms with Gasteiger partial charge >= 0.3 is 5.97 Å². The molecule has 2 aromatic rings. The van der Waals surface area contributed by atoms with E-state index < -0.39 is 11.8 Å². The van der Waals surface area contributed by atoms with Crippen LogP contribution >= 0.6 is 15.9 Å². The molecule has 2 N–H and O–H groups in total. The summed E-state index contributed by atoms with van der Waals surface area (Å²) < 4.78 is 0.381. The molecule has 0 heterocycles. The molecule has 96 valence electrons. The summed E-state index contributed by atoms with van der Waals surface area (Å²) in [7, 11) is 0. The summed E-state index contributed by atoms with van der Waals surface area (Å²) in [6.45, 7) is 0. The first-order chi connectivity index (χ1) is 9.00. The third-order valence-electron chi connectivity index (χ3n) is 2.61. The van der Waals surface area contributed by atoms with E-state index >= 15 is 0 Å². The number of halogens is 1. The van der Waals surface area contributed by atoms with Crippen molar-refractivity contribution in [3.05, 3.63) is 63.6 Å². The van der Waals surface area contributed by atoms with Gasteiger partial charge in [0.05, 0.1) is 10.0 Å². The largest absolute Gasteiger partial charge is 0.507 e. The lowest BCUT2D eigenvalue weighted by atomic mass is 9.98. The van der Waals surface area contributed by atoms with E-state index in [-0.39, 0.29) is 16.9 Å². The number of carbonyl (C=O) groups is 2. The number of hydrogen-bond acceptors (Lipinski definition) is 3. The van der Waals surface area contributed by atoms with Crippen molar-refractivity contribution < 1.29 is 19.8 Å². The third-order valence-corrected chi connectivity index (χ3v) is 3.25. The van der Waals surface area contributed by atoms with Gasteiger partial charge < -0.3 is 10.2 Å². The Kier molecular flexibility index (Phi) is 3.66. The van der Waals surface area contributed by atoms with E-state index in [4.69, 9.17) is 5.11 Å². The SMILES string of the molecule is O=C(O)c1ccccc1C(=O)c1ccc(O)c(Br)c1. The Labute approximate surface area is 117 Å². The highest BCUT2D eigenvalue weighted by molar-refractivity contribution is 9.10. The van der Waals surface area contributed by atoms with Gasteiger partial charge in [0.2, 0.25) is 0 Å². The van der Waals surface area contributed by atoms with Crippen LogP contribution in [-0.2, 0) is 0 Å². The van der Waals surface area contributed by atoms with Crippen LogP contribution in [-0.4, -0.2) is 22.0 Å². The lowest BCUT2D eigenvalue weighted by Gasteiger charge is -2.06. The Morgan fingerprint density at radius 2 is 1.63 bits per heavy atom. The molecule has 0 unspecified atom stereocenters. The third kappa shape index (κ3) is 2.66. The first-order valence-corrected chi connectivity index (χ1v) is 6.15. The van der Waals surface area contributed by atoms with Crippen LogP contribution in [0.15, 0.2) is 46.9 Å². The molecular weight excluding hydrogens is 312 g/mol. The second-order valence-corrected chi connectivity index (χ2v) is 4.70. The molecule has 19 heavy (non-hydrogen) atoms. The summed E-state index contributed by atoms with van der Waals surface area (Å²) in [5, 5.41) is 18.4. The molecule has 0 aromatic heterocycles. The summed E-state index contributed by atoms with van der Waals surface area (Å²) in [4.78, 5) is 23.3. The Morgan fingerprint density at radius 1 is 1.00 bits per heavy atom. The molecule has 2 aromatic carbocycles. The quantitative estimate of drug-likeness (QED) is 0.852. The average molecular weight is 321 g/mol. The van der Waals surface area contributed by atoms with Gasteiger partial charge in [-0.1, -0.05) is 18.2 Å². The monoisotopic (exact) mass is 320 g/mol. The summed E-state index contributed by atoms with van der Waals surface area (Å²) in [5.41, 5.74) is 0.377. The zero-order valence-corrected chi connectivity index (χ0v) is 11.2. The highest BCUT2D eigenvalue weighted by Gasteiger charge is 2.17. The highest BCUT2D eigenvalue weighted by Crippen LogP contribution is 2.26. The molecule has 0 radical (unpaired) electrons. The van der Waals surface area contributed by atoms with E-state index in [1.165, 1.54) is 30.3 Å². The first kappa shape index (κ1) is 13.3. The van der Waals surface area contributed by atoms with Crippen LogP contribution in [0.2, 0.25) is 0 Å². The minimum Gasteiger partial charge on any atom is -0.507 e. The number of phenolic OH excluding ortho intramolecular Hbond substituents is 1. The maximum atomic E-state index is 12.3. The van der Waals surface area contributed by atoms with Gasteiger partial charge in [-0.25, -0.2) is 4.79 Å². The summed E-state index contributed by atoms with van der Waals surface area (Å²) in [6.07, 6.45) is 0. The van der Waals surface area contributed by atoms with Gasteiger partial charge in [0, 0.05) is 11.1 Å². The molecule has 4 nitrogen and oxygen atoms in total. The molecule has 0 saturated heterocycles. The number of carboxylic acid groups (broad SMARTS) is 1. The van der Waals surface area contributed by atoms with E-state index in [0.717, 1.165) is 0 Å². The number of phenols is 1. The number of ketones is 1. The summed E-state index contributed by atoms with van der Waals surface area (Å²) in [6, 6.07) is 10.3. The van der Waals surface area contributed by atoms with E-state index in [0.29, 0.717) is 10.0 Å². The zero-order valence-electron chi connectivity index (χ0n) is 9.63. The van der Waals surface area contributed by atoms with Crippen LogP contribution in [0.3, 0.4) is 0 Å². The number of rotatable bonds is 3. The van der Waals surface area contributed by atoms with Crippen LogP contribution in [0.1, 0.15) is 26.3 Å². The maximum absolute atomic E-state index is 12.3. The molecule has 0 aliphatic heterocycles. The standard InChI is InChI=1S/C14H9BrO4/c15-11-7-8(5-6-12(11)16)13(17)9-3-1-2-4-10(9)14(18)19/h1-7,16H,(H,18,19). The lowest BCUT2D eigenvalue weighted by Crippen LogP contribution is -2.09. The summed E-state index contributed by atoms with van der Waals surface area (Å²) >= 11 is 3.12.